The molecule has 0 amide bonds. The monoisotopic (exact) mass is 584 g/mol. The molecule has 1 unspecified atom stereocenters. The summed E-state index contributed by atoms with van der Waals surface area (Å²) >= 11 is 6.82. The van der Waals surface area contributed by atoms with Gasteiger partial charge in [-0.2, -0.15) is 0 Å². The van der Waals surface area contributed by atoms with Crippen LogP contribution in [0.25, 0.3) is 0 Å². The highest BCUT2D eigenvalue weighted by atomic mass is 35.5. The molecule has 40 heavy (non-hydrogen) atoms. The summed E-state index contributed by atoms with van der Waals surface area (Å²) in [4.78, 5) is 50.7. The molecule has 1 N–H and O–H groups in total. The van der Waals surface area contributed by atoms with Crippen molar-refractivity contribution in [3.8, 4) is 0 Å². The van der Waals surface area contributed by atoms with Gasteiger partial charge < -0.3 is 33.5 Å². The first-order chi connectivity index (χ1) is 18.7. The van der Waals surface area contributed by atoms with Gasteiger partial charge >= 0.3 is 23.9 Å². The van der Waals surface area contributed by atoms with Crippen molar-refractivity contribution in [1.29, 1.82) is 0 Å². The molecule has 3 heterocycles. The number of aliphatic hydroxyl groups is 1. The zero-order chi connectivity index (χ0) is 29.5. The minimum Gasteiger partial charge on any atom is -0.459 e. The van der Waals surface area contributed by atoms with E-state index in [0.717, 1.165) is 0 Å². The van der Waals surface area contributed by atoms with Crippen LogP contribution in [0.1, 0.15) is 54.4 Å². The smallest absolute Gasteiger partial charge is 0.312 e. The van der Waals surface area contributed by atoms with Crippen LogP contribution in [0.4, 0.5) is 0 Å². The number of esters is 4. The van der Waals surface area contributed by atoms with Crippen molar-refractivity contribution in [2.75, 3.05) is 0 Å². The second-order valence-corrected chi connectivity index (χ2v) is 12.5. The average molecular weight is 585 g/mol. The maximum absolute atomic E-state index is 13.0. The van der Waals surface area contributed by atoms with Gasteiger partial charge in [0.05, 0.1) is 17.4 Å². The van der Waals surface area contributed by atoms with Crippen LogP contribution in [0.5, 0.6) is 0 Å². The first kappa shape index (κ1) is 29.3. The summed E-state index contributed by atoms with van der Waals surface area (Å²) in [6.45, 7) is 13.5. The van der Waals surface area contributed by atoms with Gasteiger partial charge in [0, 0.05) is 37.5 Å². The molecule has 5 rings (SSSR count). The second kappa shape index (κ2) is 9.96. The van der Waals surface area contributed by atoms with Crippen molar-refractivity contribution in [2.45, 2.75) is 114 Å². The first-order valence-corrected chi connectivity index (χ1v) is 14.2. The predicted octanol–water partition coefficient (Wildman–Crippen LogP) is 1.84. The molecule has 5 aliphatic rings. The van der Waals surface area contributed by atoms with Crippen molar-refractivity contribution < 1.29 is 52.7 Å². The molecule has 0 radical (unpaired) electrons. The molecular formula is C28H37ClO11. The second-order valence-electron chi connectivity index (χ2n) is 12.0. The number of hydrogen-bond acceptors (Lipinski definition) is 11. The quantitative estimate of drug-likeness (QED) is 0.166. The number of epoxide rings is 2. The molecule has 12 heteroatoms. The van der Waals surface area contributed by atoms with Gasteiger partial charge in [0.2, 0.25) is 0 Å². The molecule has 2 aliphatic carbocycles. The van der Waals surface area contributed by atoms with Crippen LogP contribution in [0.15, 0.2) is 12.2 Å². The fourth-order valence-electron chi connectivity index (χ4n) is 7.50. The number of carbonyl (C=O) groups is 4. The standard InChI is InChI=1S/C28H37ClO11/c1-8-9-15(32)37-18-10(2)16-22(35-13(5)30)28(34)12(4)26(33)40-23(28)17(29)11(3)19-20(38-19)24(36-14(6)31)27(16,7)25-21(18)39-25/h10,12,16-25,34H,3,8-9H2,1-2,4-7H3/t10-,12?,16-,17+,18-,19-,20-,21+,22-,23+,24+,25+,27+,28-/m1/s1. The molecule has 3 aliphatic heterocycles. The van der Waals surface area contributed by atoms with Crippen LogP contribution in [-0.2, 0) is 47.6 Å². The van der Waals surface area contributed by atoms with E-state index in [2.05, 4.69) is 6.58 Å². The van der Waals surface area contributed by atoms with Crippen molar-refractivity contribution >= 4 is 35.5 Å². The van der Waals surface area contributed by atoms with E-state index in [9.17, 15) is 24.3 Å². The van der Waals surface area contributed by atoms with Crippen LogP contribution in [0.2, 0.25) is 0 Å². The molecule has 222 valence electrons. The molecule has 11 nitrogen and oxygen atoms in total. The van der Waals surface area contributed by atoms with E-state index in [0.29, 0.717) is 12.0 Å². The lowest BCUT2D eigenvalue weighted by atomic mass is 9.53. The third-order valence-electron chi connectivity index (χ3n) is 9.52. The minimum atomic E-state index is -2.12. The van der Waals surface area contributed by atoms with Gasteiger partial charge in [0.25, 0.3) is 0 Å². The van der Waals surface area contributed by atoms with Gasteiger partial charge in [-0.15, -0.1) is 11.6 Å². The molecule has 0 bridgehead atoms. The molecular weight excluding hydrogens is 548 g/mol. The number of ether oxygens (including phenoxy) is 6. The van der Waals surface area contributed by atoms with Crippen molar-refractivity contribution in [2.24, 2.45) is 23.2 Å². The molecule has 0 aromatic rings. The van der Waals surface area contributed by atoms with Crippen molar-refractivity contribution in [1.82, 2.24) is 0 Å². The Balaban J connectivity index is 1.72. The lowest BCUT2D eigenvalue weighted by molar-refractivity contribution is -0.227. The van der Waals surface area contributed by atoms with Gasteiger partial charge in [-0.3, -0.25) is 19.2 Å². The summed E-state index contributed by atoms with van der Waals surface area (Å²) in [5, 5.41) is 11.4. The fourth-order valence-corrected chi connectivity index (χ4v) is 7.88. The van der Waals surface area contributed by atoms with Crippen LogP contribution in [0, 0.1) is 23.2 Å². The first-order valence-electron chi connectivity index (χ1n) is 13.8. The summed E-state index contributed by atoms with van der Waals surface area (Å²) in [7, 11) is 0. The Kier molecular flexibility index (Phi) is 7.29. The average Bonchev–Trinajstić information content (AvgIpc) is 3.79. The largest absolute Gasteiger partial charge is 0.459 e. The topological polar surface area (TPSA) is 150 Å². The number of hydrogen-bond donors (Lipinski definition) is 1. The number of halogens is 1. The van der Waals surface area contributed by atoms with E-state index in [1.54, 1.807) is 6.92 Å². The Morgan fingerprint density at radius 1 is 1.02 bits per heavy atom. The predicted molar refractivity (Wildman–Crippen MR) is 137 cm³/mol. The Labute approximate surface area is 237 Å². The van der Waals surface area contributed by atoms with Crippen LogP contribution < -0.4 is 0 Å². The third kappa shape index (κ3) is 4.26. The van der Waals surface area contributed by atoms with E-state index < -0.39 is 107 Å². The molecule has 2 saturated carbocycles. The molecule has 3 saturated heterocycles. The zero-order valence-corrected chi connectivity index (χ0v) is 24.2. The van der Waals surface area contributed by atoms with Crippen molar-refractivity contribution in [3.05, 3.63) is 12.2 Å². The molecule has 0 spiro atoms. The Hall–Kier alpha value is -2.21. The molecule has 14 atom stereocenters. The molecule has 0 aromatic heterocycles. The van der Waals surface area contributed by atoms with Gasteiger partial charge in [0.15, 0.2) is 11.7 Å². The number of carbonyl (C=O) groups excluding carboxylic acids is 4. The highest BCUT2D eigenvalue weighted by Crippen LogP contribution is 2.64. The summed E-state index contributed by atoms with van der Waals surface area (Å²) < 4.78 is 35.6. The zero-order valence-electron chi connectivity index (χ0n) is 23.5. The lowest BCUT2D eigenvalue weighted by Crippen LogP contribution is -2.69. The molecule has 5 fully saturated rings. The summed E-state index contributed by atoms with van der Waals surface area (Å²) in [6, 6.07) is 0. The summed E-state index contributed by atoms with van der Waals surface area (Å²) in [6.07, 6.45) is -6.11. The normalized spacial score (nSPS) is 48.8. The third-order valence-corrected chi connectivity index (χ3v) is 10.0. The van der Waals surface area contributed by atoms with E-state index in [1.807, 2.05) is 13.8 Å². The van der Waals surface area contributed by atoms with Gasteiger partial charge in [0.1, 0.15) is 36.6 Å². The van der Waals surface area contributed by atoms with Gasteiger partial charge in [-0.1, -0.05) is 27.4 Å². The van der Waals surface area contributed by atoms with Gasteiger partial charge in [-0.25, -0.2) is 0 Å². The van der Waals surface area contributed by atoms with Crippen LogP contribution in [-0.4, -0.2) is 88.8 Å². The Bertz CT molecular complexity index is 1130. The Morgan fingerprint density at radius 3 is 2.25 bits per heavy atom. The van der Waals surface area contributed by atoms with E-state index in [1.165, 1.54) is 20.8 Å². The van der Waals surface area contributed by atoms with Crippen LogP contribution in [0.3, 0.4) is 0 Å². The summed E-state index contributed by atoms with van der Waals surface area (Å²) in [5.41, 5.74) is -2.92. The van der Waals surface area contributed by atoms with Gasteiger partial charge in [-0.05, 0) is 18.9 Å². The van der Waals surface area contributed by atoms with E-state index >= 15 is 0 Å². The number of alkyl halides is 1. The maximum Gasteiger partial charge on any atom is 0.312 e. The Morgan fingerprint density at radius 2 is 1.65 bits per heavy atom. The minimum absolute atomic E-state index is 0.199. The highest BCUT2D eigenvalue weighted by molar-refractivity contribution is 6.23. The molecule has 0 aromatic carbocycles. The SMILES string of the molecule is C=C1[C@H]2O[C@H]2[C@H](OC(C)=O)[C@]2(C)[C@H]([C@@H](C)[C@@H](OC(=O)CCC)[C@@H]3O[C@@H]32)[C@@H](OC(C)=O)[C@]2(O)C(C)C(=O)O[C@H]2[C@H]1Cl. The van der Waals surface area contributed by atoms with Crippen molar-refractivity contribution in [3.63, 3.8) is 0 Å². The highest BCUT2D eigenvalue weighted by Gasteiger charge is 2.78. The maximum atomic E-state index is 13.0. The number of fused-ring (bicyclic) bond motifs is 5. The fraction of sp³-hybridized carbons (Fsp3) is 0.786. The summed E-state index contributed by atoms with van der Waals surface area (Å²) in [5.74, 6) is -5.05. The number of rotatable bonds is 5. The van der Waals surface area contributed by atoms with E-state index in [-0.39, 0.29) is 6.42 Å². The van der Waals surface area contributed by atoms with E-state index in [4.69, 9.17) is 40.0 Å². The van der Waals surface area contributed by atoms with Crippen LogP contribution >= 0.6 is 11.6 Å². The lowest BCUT2D eigenvalue weighted by Gasteiger charge is -2.54.